The molecule has 86 valence electrons. The van der Waals surface area contributed by atoms with Crippen molar-refractivity contribution in [3.8, 4) is 11.1 Å². The number of amides is 1. The van der Waals surface area contributed by atoms with Crippen molar-refractivity contribution in [1.82, 2.24) is 0 Å². The number of halogens is 2. The van der Waals surface area contributed by atoms with Crippen molar-refractivity contribution in [2.45, 2.75) is 0 Å². The third-order valence-electron chi connectivity index (χ3n) is 2.36. The lowest BCUT2D eigenvalue weighted by Gasteiger charge is -2.04. The molecule has 17 heavy (non-hydrogen) atoms. The maximum Gasteiger partial charge on any atom is 0.211 e. The number of carbonyl (C=O) groups excluding carboxylic acids is 1. The van der Waals surface area contributed by atoms with E-state index >= 15 is 0 Å². The molecule has 1 amide bonds. The van der Waals surface area contributed by atoms with Gasteiger partial charge in [0.15, 0.2) is 0 Å². The molecule has 0 aliphatic heterocycles. The molecule has 0 bridgehead atoms. The molecule has 0 aromatic heterocycles. The van der Waals surface area contributed by atoms with Crippen LogP contribution in [0.4, 0.5) is 10.1 Å². The monoisotopic (exact) mass is 249 g/mol. The largest absolute Gasteiger partial charge is 0.329 e. The second-order valence-electron chi connectivity index (χ2n) is 3.47. The van der Waals surface area contributed by atoms with Gasteiger partial charge >= 0.3 is 0 Å². The Hall–Kier alpha value is -1.87. The van der Waals surface area contributed by atoms with Crippen molar-refractivity contribution in [1.29, 1.82) is 0 Å². The molecule has 2 aromatic carbocycles. The molecule has 4 heteroatoms. The van der Waals surface area contributed by atoms with Gasteiger partial charge in [-0.3, -0.25) is 4.79 Å². The summed E-state index contributed by atoms with van der Waals surface area (Å²) in [6.45, 7) is 0. The third-order valence-corrected chi connectivity index (χ3v) is 2.65. The summed E-state index contributed by atoms with van der Waals surface area (Å²) in [5.41, 5.74) is 2.44. The van der Waals surface area contributed by atoms with Crippen LogP contribution in [0.2, 0.25) is 5.02 Å². The van der Waals surface area contributed by atoms with E-state index in [1.807, 2.05) is 12.1 Å². The number of nitrogens with one attached hydrogen (secondary N) is 1. The number of benzene rings is 2. The Morgan fingerprint density at radius 3 is 2.29 bits per heavy atom. The lowest BCUT2D eigenvalue weighted by atomic mass is 10.1. The van der Waals surface area contributed by atoms with E-state index in [2.05, 4.69) is 5.32 Å². The van der Waals surface area contributed by atoms with Gasteiger partial charge < -0.3 is 5.32 Å². The van der Waals surface area contributed by atoms with Gasteiger partial charge in [-0.1, -0.05) is 29.8 Å². The lowest BCUT2D eigenvalue weighted by molar-refractivity contribution is -0.105. The van der Waals surface area contributed by atoms with Crippen LogP contribution in [-0.2, 0) is 4.79 Å². The molecule has 2 aromatic rings. The molecule has 0 fully saturated rings. The van der Waals surface area contributed by atoms with E-state index in [1.54, 1.807) is 24.3 Å². The molecule has 0 unspecified atom stereocenters. The highest BCUT2D eigenvalue weighted by Gasteiger charge is 2.03. The Kier molecular flexibility index (Phi) is 3.40. The Bertz CT molecular complexity index is 540. The van der Waals surface area contributed by atoms with Crippen LogP contribution in [0.25, 0.3) is 11.1 Å². The zero-order valence-electron chi connectivity index (χ0n) is 8.78. The maximum absolute atomic E-state index is 13.0. The van der Waals surface area contributed by atoms with Gasteiger partial charge in [-0.2, -0.15) is 0 Å². The topological polar surface area (TPSA) is 29.1 Å². The molecule has 0 spiro atoms. The van der Waals surface area contributed by atoms with E-state index in [1.165, 1.54) is 6.07 Å². The van der Waals surface area contributed by atoms with Crippen LogP contribution < -0.4 is 5.32 Å². The van der Waals surface area contributed by atoms with Crippen LogP contribution >= 0.6 is 11.6 Å². The first kappa shape index (κ1) is 11.6. The highest BCUT2D eigenvalue weighted by molar-refractivity contribution is 6.31. The van der Waals surface area contributed by atoms with Gasteiger partial charge in [0, 0.05) is 5.69 Å². The normalized spacial score (nSPS) is 10.0. The summed E-state index contributed by atoms with van der Waals surface area (Å²) in [7, 11) is 0. The minimum Gasteiger partial charge on any atom is -0.329 e. The van der Waals surface area contributed by atoms with Crippen molar-refractivity contribution < 1.29 is 9.18 Å². The van der Waals surface area contributed by atoms with E-state index in [0.717, 1.165) is 11.1 Å². The van der Waals surface area contributed by atoms with E-state index in [9.17, 15) is 9.18 Å². The first-order chi connectivity index (χ1) is 8.20. The average Bonchev–Trinajstić information content (AvgIpc) is 2.34. The summed E-state index contributed by atoms with van der Waals surface area (Å²) >= 11 is 5.71. The summed E-state index contributed by atoms with van der Waals surface area (Å²) in [6.07, 6.45) is 0.615. The molecular weight excluding hydrogens is 241 g/mol. The fourth-order valence-corrected chi connectivity index (χ4v) is 1.68. The summed E-state index contributed by atoms with van der Waals surface area (Å²) in [5.74, 6) is -0.436. The molecule has 0 atom stereocenters. The zero-order valence-corrected chi connectivity index (χ0v) is 9.54. The Labute approximate surface area is 103 Å². The van der Waals surface area contributed by atoms with Gasteiger partial charge in [0.05, 0.1) is 5.02 Å². The minimum absolute atomic E-state index is 0.0950. The van der Waals surface area contributed by atoms with Gasteiger partial charge in [0.25, 0.3) is 0 Å². The fourth-order valence-electron chi connectivity index (χ4n) is 1.50. The molecule has 1 N–H and O–H groups in total. The van der Waals surface area contributed by atoms with Crippen molar-refractivity contribution in [2.24, 2.45) is 0 Å². The first-order valence-electron chi connectivity index (χ1n) is 4.96. The maximum atomic E-state index is 13.0. The highest BCUT2D eigenvalue weighted by atomic mass is 35.5. The Balaban J connectivity index is 2.32. The van der Waals surface area contributed by atoms with E-state index in [-0.39, 0.29) is 5.02 Å². The summed E-state index contributed by atoms with van der Waals surface area (Å²) in [5, 5.41) is 2.64. The van der Waals surface area contributed by atoms with E-state index in [0.29, 0.717) is 12.1 Å². The number of anilines is 1. The fraction of sp³-hybridized carbons (Fsp3) is 0. The predicted octanol–water partition coefficient (Wildman–Crippen LogP) is 3.71. The summed E-state index contributed by atoms with van der Waals surface area (Å²) < 4.78 is 13.0. The standard InChI is InChI=1S/C13H9ClFNO/c14-12-7-10(3-6-13(12)15)9-1-4-11(5-2-9)16-8-17/h1-8H,(H,16,17). The van der Waals surface area contributed by atoms with Crippen molar-refractivity contribution in [2.75, 3.05) is 5.32 Å². The van der Waals surface area contributed by atoms with Crippen molar-refractivity contribution >= 4 is 23.7 Å². The van der Waals surface area contributed by atoms with Gasteiger partial charge in [0.2, 0.25) is 6.41 Å². The second-order valence-corrected chi connectivity index (χ2v) is 3.88. The average molecular weight is 250 g/mol. The van der Waals surface area contributed by atoms with Gasteiger partial charge in [-0.05, 0) is 35.4 Å². The highest BCUT2D eigenvalue weighted by Crippen LogP contribution is 2.25. The number of hydrogen-bond donors (Lipinski definition) is 1. The summed E-state index contributed by atoms with van der Waals surface area (Å²) in [4.78, 5) is 10.2. The molecule has 0 saturated carbocycles. The van der Waals surface area contributed by atoms with Gasteiger partial charge in [-0.25, -0.2) is 4.39 Å². The first-order valence-corrected chi connectivity index (χ1v) is 5.34. The zero-order chi connectivity index (χ0) is 12.3. The minimum atomic E-state index is -0.436. The van der Waals surface area contributed by atoms with Crippen LogP contribution in [-0.4, -0.2) is 6.41 Å². The molecule has 0 aliphatic rings. The molecule has 0 saturated heterocycles. The van der Waals surface area contributed by atoms with Crippen molar-refractivity contribution in [3.05, 3.63) is 53.3 Å². The number of hydrogen-bond acceptors (Lipinski definition) is 1. The van der Waals surface area contributed by atoms with Crippen molar-refractivity contribution in [3.63, 3.8) is 0 Å². The molecule has 0 heterocycles. The van der Waals surface area contributed by atoms with E-state index < -0.39 is 5.82 Å². The molecule has 0 radical (unpaired) electrons. The third kappa shape index (κ3) is 2.63. The number of rotatable bonds is 3. The Morgan fingerprint density at radius 2 is 1.71 bits per heavy atom. The number of carbonyl (C=O) groups is 1. The van der Waals surface area contributed by atoms with Gasteiger partial charge in [0.1, 0.15) is 5.82 Å². The van der Waals surface area contributed by atoms with E-state index in [4.69, 9.17) is 11.6 Å². The SMILES string of the molecule is O=CNc1ccc(-c2ccc(F)c(Cl)c2)cc1. The van der Waals surface area contributed by atoms with Crippen LogP contribution in [0, 0.1) is 5.82 Å². The van der Waals surface area contributed by atoms with Gasteiger partial charge in [-0.15, -0.1) is 0 Å². The van der Waals surface area contributed by atoms with Crippen LogP contribution in [0.5, 0.6) is 0 Å². The predicted molar refractivity (Wildman–Crippen MR) is 66.5 cm³/mol. The molecule has 0 aliphatic carbocycles. The second kappa shape index (κ2) is 4.97. The molecule has 2 nitrogen and oxygen atoms in total. The van der Waals surface area contributed by atoms with Crippen LogP contribution in [0.15, 0.2) is 42.5 Å². The quantitative estimate of drug-likeness (QED) is 0.826. The smallest absolute Gasteiger partial charge is 0.211 e. The lowest BCUT2D eigenvalue weighted by Crippen LogP contribution is -1.92. The Morgan fingerprint density at radius 1 is 1.06 bits per heavy atom. The molecule has 2 rings (SSSR count). The van der Waals surface area contributed by atoms with Crippen LogP contribution in [0.3, 0.4) is 0 Å². The van der Waals surface area contributed by atoms with Crippen LogP contribution in [0.1, 0.15) is 0 Å². The summed E-state index contributed by atoms with van der Waals surface area (Å²) in [6, 6.07) is 11.7. The molecular formula is C13H9ClFNO.